The molecule has 0 aliphatic rings. The second-order valence-electron chi connectivity index (χ2n) is 4.25. The average molecular weight is 272 g/mol. The number of aromatic nitrogens is 1. The van der Waals surface area contributed by atoms with Crippen molar-refractivity contribution in [2.75, 3.05) is 0 Å². The summed E-state index contributed by atoms with van der Waals surface area (Å²) in [6, 6.07) is 14.3. The molecule has 19 heavy (non-hydrogen) atoms. The first kappa shape index (κ1) is 13.4. The van der Waals surface area contributed by atoms with E-state index in [1.165, 1.54) is 16.5 Å². The van der Waals surface area contributed by atoms with Gasteiger partial charge < -0.3 is 16.8 Å². The average Bonchev–Trinajstić information content (AvgIpc) is 2.92. The molecule has 0 fully saturated rings. The van der Waals surface area contributed by atoms with Crippen molar-refractivity contribution in [3.05, 3.63) is 66.2 Å². The maximum Gasteiger partial charge on any atom is 0.212 e. The summed E-state index contributed by atoms with van der Waals surface area (Å²) in [4.78, 5) is 0. The smallest absolute Gasteiger partial charge is 0.212 e. The van der Waals surface area contributed by atoms with E-state index in [1.54, 1.807) is 6.26 Å². The van der Waals surface area contributed by atoms with E-state index in [1.807, 2.05) is 18.2 Å². The van der Waals surface area contributed by atoms with E-state index in [4.69, 9.17) is 4.42 Å². The van der Waals surface area contributed by atoms with Gasteiger partial charge in [-0.15, -0.1) is 0 Å². The standard InChI is InChI=1S/C16H14NO.ClH/c1-17-11-10-13(8-9-14-5-4-12-18-14)15-6-2-3-7-16(15)17;/h2-12H,1H3;1H/q+1;/p-1/b9-8+;. The molecule has 1 aromatic carbocycles. The molecule has 0 spiro atoms. The maximum atomic E-state index is 5.30. The largest absolute Gasteiger partial charge is 1.00 e. The lowest BCUT2D eigenvalue weighted by atomic mass is 10.1. The van der Waals surface area contributed by atoms with Gasteiger partial charge in [-0.3, -0.25) is 0 Å². The molecule has 0 amide bonds. The molecule has 0 saturated carbocycles. The van der Waals surface area contributed by atoms with Gasteiger partial charge in [-0.1, -0.05) is 18.2 Å². The molecular weight excluding hydrogens is 258 g/mol. The van der Waals surface area contributed by atoms with Crippen LogP contribution in [0.2, 0.25) is 0 Å². The quantitative estimate of drug-likeness (QED) is 0.618. The highest BCUT2D eigenvalue weighted by molar-refractivity contribution is 5.88. The molecule has 0 saturated heterocycles. The van der Waals surface area contributed by atoms with Crippen molar-refractivity contribution in [3.63, 3.8) is 0 Å². The number of aryl methyl sites for hydroxylation is 1. The highest BCUT2D eigenvalue weighted by Crippen LogP contribution is 2.17. The number of rotatable bonds is 2. The molecule has 3 aromatic rings. The summed E-state index contributed by atoms with van der Waals surface area (Å²) in [7, 11) is 2.06. The predicted octanol–water partition coefficient (Wildman–Crippen LogP) is 0.432. The highest BCUT2D eigenvalue weighted by atomic mass is 35.5. The predicted molar refractivity (Wildman–Crippen MR) is 72.8 cm³/mol. The first-order valence-electron chi connectivity index (χ1n) is 5.93. The van der Waals surface area contributed by atoms with Crippen LogP contribution in [0.25, 0.3) is 23.1 Å². The minimum Gasteiger partial charge on any atom is -1.00 e. The highest BCUT2D eigenvalue weighted by Gasteiger charge is 2.06. The van der Waals surface area contributed by atoms with E-state index in [0.717, 1.165) is 5.76 Å². The third kappa shape index (κ3) is 2.69. The van der Waals surface area contributed by atoms with Crippen LogP contribution in [0.1, 0.15) is 11.3 Å². The van der Waals surface area contributed by atoms with Crippen molar-refractivity contribution in [1.82, 2.24) is 0 Å². The second-order valence-corrected chi connectivity index (χ2v) is 4.25. The molecule has 0 aliphatic heterocycles. The molecule has 0 unspecified atom stereocenters. The van der Waals surface area contributed by atoms with E-state index < -0.39 is 0 Å². The topological polar surface area (TPSA) is 17.0 Å². The van der Waals surface area contributed by atoms with Gasteiger partial charge in [0.2, 0.25) is 5.52 Å². The van der Waals surface area contributed by atoms with E-state index >= 15 is 0 Å². The van der Waals surface area contributed by atoms with Crippen LogP contribution in [-0.2, 0) is 7.05 Å². The van der Waals surface area contributed by atoms with Crippen molar-refractivity contribution in [2.45, 2.75) is 0 Å². The van der Waals surface area contributed by atoms with Crippen LogP contribution in [0.4, 0.5) is 0 Å². The van der Waals surface area contributed by atoms with Gasteiger partial charge in [0.05, 0.1) is 11.6 Å². The molecule has 0 bridgehead atoms. The lowest BCUT2D eigenvalue weighted by Crippen LogP contribution is -3.00. The Bertz CT molecular complexity index is 702. The monoisotopic (exact) mass is 271 g/mol. The number of pyridine rings is 1. The molecule has 0 N–H and O–H groups in total. The van der Waals surface area contributed by atoms with Crippen molar-refractivity contribution in [3.8, 4) is 0 Å². The zero-order valence-electron chi connectivity index (χ0n) is 10.6. The summed E-state index contributed by atoms with van der Waals surface area (Å²) in [5.74, 6) is 0.868. The number of fused-ring (bicyclic) bond motifs is 1. The van der Waals surface area contributed by atoms with Gasteiger partial charge in [-0.25, -0.2) is 4.57 Å². The third-order valence-corrected chi connectivity index (χ3v) is 3.04. The Balaban J connectivity index is 0.00000133. The van der Waals surface area contributed by atoms with Gasteiger partial charge in [-0.2, -0.15) is 0 Å². The summed E-state index contributed by atoms with van der Waals surface area (Å²) < 4.78 is 7.42. The lowest BCUT2D eigenvalue weighted by molar-refractivity contribution is -0.644. The van der Waals surface area contributed by atoms with Gasteiger partial charge in [0, 0.05) is 12.1 Å². The molecule has 0 atom stereocenters. The van der Waals surface area contributed by atoms with Crippen molar-refractivity contribution in [1.29, 1.82) is 0 Å². The van der Waals surface area contributed by atoms with Gasteiger partial charge in [0.1, 0.15) is 12.8 Å². The van der Waals surface area contributed by atoms with E-state index in [-0.39, 0.29) is 12.4 Å². The number of hydrogen-bond acceptors (Lipinski definition) is 1. The molecule has 0 radical (unpaired) electrons. The normalized spacial score (nSPS) is 10.8. The maximum absolute atomic E-state index is 5.30. The van der Waals surface area contributed by atoms with E-state index in [2.05, 4.69) is 54.2 Å². The summed E-state index contributed by atoms with van der Waals surface area (Å²) in [5, 5.41) is 1.24. The van der Waals surface area contributed by atoms with Crippen molar-refractivity contribution < 1.29 is 21.4 Å². The Labute approximate surface area is 118 Å². The minimum absolute atomic E-state index is 0. The molecule has 0 aliphatic carbocycles. The number of para-hydroxylation sites is 1. The number of halogens is 1. The van der Waals surface area contributed by atoms with Gasteiger partial charge in [-0.05, 0) is 29.8 Å². The third-order valence-electron chi connectivity index (χ3n) is 3.04. The Hall–Kier alpha value is -2.06. The Morgan fingerprint density at radius 1 is 1.00 bits per heavy atom. The van der Waals surface area contributed by atoms with Crippen molar-refractivity contribution >= 4 is 23.1 Å². The van der Waals surface area contributed by atoms with Crippen LogP contribution in [-0.4, -0.2) is 0 Å². The number of furan rings is 1. The zero-order chi connectivity index (χ0) is 12.4. The van der Waals surface area contributed by atoms with Crippen LogP contribution in [0.15, 0.2) is 59.3 Å². The van der Waals surface area contributed by atoms with E-state index in [0.29, 0.717) is 0 Å². The summed E-state index contributed by atoms with van der Waals surface area (Å²) in [6.07, 6.45) is 7.83. The number of benzene rings is 1. The van der Waals surface area contributed by atoms with Crippen LogP contribution in [0, 0.1) is 0 Å². The van der Waals surface area contributed by atoms with Crippen LogP contribution in [0.5, 0.6) is 0 Å². The van der Waals surface area contributed by atoms with Crippen LogP contribution < -0.4 is 17.0 Å². The molecule has 2 aromatic heterocycles. The van der Waals surface area contributed by atoms with Crippen LogP contribution >= 0.6 is 0 Å². The fraction of sp³-hybridized carbons (Fsp3) is 0.0625. The van der Waals surface area contributed by atoms with Gasteiger partial charge in [0.15, 0.2) is 6.20 Å². The molecule has 3 rings (SSSR count). The Morgan fingerprint density at radius 3 is 2.63 bits per heavy atom. The molecule has 3 heteroatoms. The molecule has 2 heterocycles. The second kappa shape index (κ2) is 5.72. The van der Waals surface area contributed by atoms with Crippen molar-refractivity contribution in [2.24, 2.45) is 7.05 Å². The van der Waals surface area contributed by atoms with Crippen LogP contribution in [0.3, 0.4) is 0 Å². The summed E-state index contributed by atoms with van der Waals surface area (Å²) in [5.41, 5.74) is 2.42. The fourth-order valence-electron chi connectivity index (χ4n) is 2.09. The summed E-state index contributed by atoms with van der Waals surface area (Å²) in [6.45, 7) is 0. The minimum atomic E-state index is 0. The fourth-order valence-corrected chi connectivity index (χ4v) is 2.09. The number of hydrogen-bond donors (Lipinski definition) is 0. The Morgan fingerprint density at radius 2 is 1.84 bits per heavy atom. The first-order valence-corrected chi connectivity index (χ1v) is 5.93. The SMILES string of the molecule is C[n+]1ccc(/C=C/c2ccco2)c2ccccc21.[Cl-]. The Kier molecular flexibility index (Phi) is 4.03. The first-order chi connectivity index (χ1) is 8.84. The van der Waals surface area contributed by atoms with Gasteiger partial charge in [0.25, 0.3) is 0 Å². The van der Waals surface area contributed by atoms with Gasteiger partial charge >= 0.3 is 0 Å². The molecular formula is C16H14ClNO. The van der Waals surface area contributed by atoms with E-state index in [9.17, 15) is 0 Å². The zero-order valence-corrected chi connectivity index (χ0v) is 11.3. The molecule has 96 valence electrons. The summed E-state index contributed by atoms with van der Waals surface area (Å²) >= 11 is 0. The number of nitrogens with zero attached hydrogens (tertiary/aromatic N) is 1. The molecule has 2 nitrogen and oxygen atoms in total. The lowest BCUT2D eigenvalue weighted by Gasteiger charge is -2.00.